The Morgan fingerprint density at radius 1 is 1.24 bits per heavy atom. The van der Waals surface area contributed by atoms with Crippen LogP contribution in [0.4, 0.5) is 9.18 Å². The Bertz CT molecular complexity index is 650. The van der Waals surface area contributed by atoms with Crippen LogP contribution in [0.3, 0.4) is 0 Å². The highest BCUT2D eigenvalue weighted by Crippen LogP contribution is 2.36. The minimum absolute atomic E-state index is 0.0778. The van der Waals surface area contributed by atoms with Crippen LogP contribution in [0.5, 0.6) is 0 Å². The van der Waals surface area contributed by atoms with Gasteiger partial charge < -0.3 is 16.4 Å². The number of thioether (sulfide) groups is 1. The molecule has 1 unspecified atom stereocenters. The van der Waals surface area contributed by atoms with Crippen LogP contribution >= 0.6 is 11.8 Å². The van der Waals surface area contributed by atoms with Gasteiger partial charge in [-0.05, 0) is 43.0 Å². The number of rotatable bonds is 4. The number of primary amides is 1. The molecule has 8 heteroatoms. The predicted molar refractivity (Wildman–Crippen MR) is 94.8 cm³/mol. The zero-order valence-corrected chi connectivity index (χ0v) is 14.8. The van der Waals surface area contributed by atoms with Crippen LogP contribution in [-0.4, -0.2) is 48.3 Å². The second-order valence-electron chi connectivity index (χ2n) is 6.51. The molecule has 0 aliphatic carbocycles. The summed E-state index contributed by atoms with van der Waals surface area (Å²) in [6, 6.07) is 4.43. The molecule has 136 valence electrons. The van der Waals surface area contributed by atoms with Gasteiger partial charge in [0.05, 0.1) is 12.6 Å². The molecule has 2 heterocycles. The Morgan fingerprint density at radius 3 is 2.72 bits per heavy atom. The van der Waals surface area contributed by atoms with E-state index < -0.39 is 0 Å². The molecule has 0 bridgehead atoms. The number of hydrogen-bond acceptors (Lipinski definition) is 4. The van der Waals surface area contributed by atoms with Crippen LogP contribution in [0, 0.1) is 5.82 Å². The Labute approximate surface area is 150 Å². The molecule has 1 atom stereocenters. The molecule has 2 aliphatic rings. The zero-order chi connectivity index (χ0) is 17.8. The molecule has 1 aromatic carbocycles. The number of carbonyl (C=O) groups is 2. The molecule has 4 N–H and O–H groups in total. The largest absolute Gasteiger partial charge is 0.369 e. The van der Waals surface area contributed by atoms with E-state index in [9.17, 15) is 14.0 Å². The minimum Gasteiger partial charge on any atom is -0.369 e. The predicted octanol–water partition coefficient (Wildman–Crippen LogP) is 1.61. The number of benzene rings is 1. The number of urea groups is 1. The first-order valence-corrected chi connectivity index (χ1v) is 9.50. The summed E-state index contributed by atoms with van der Waals surface area (Å²) in [6.45, 7) is 1.74. The van der Waals surface area contributed by atoms with E-state index in [0.29, 0.717) is 0 Å². The number of nitrogens with one attached hydrogen (secondary N) is 2. The average Bonchev–Trinajstić information content (AvgIpc) is 2.57. The highest BCUT2D eigenvalue weighted by Gasteiger charge is 2.25. The Balaban J connectivity index is 1.51. The molecular formula is C17H23FN4O2S. The van der Waals surface area contributed by atoms with Gasteiger partial charge in [-0.15, -0.1) is 11.8 Å². The highest BCUT2D eigenvalue weighted by atomic mass is 32.2. The van der Waals surface area contributed by atoms with Gasteiger partial charge in [0.15, 0.2) is 0 Å². The van der Waals surface area contributed by atoms with Crippen molar-refractivity contribution in [3.8, 4) is 0 Å². The van der Waals surface area contributed by atoms with Crippen molar-refractivity contribution in [1.29, 1.82) is 0 Å². The number of nitrogens with two attached hydrogens (primary N) is 1. The molecule has 0 spiro atoms. The molecule has 3 rings (SSSR count). The van der Waals surface area contributed by atoms with E-state index in [1.165, 1.54) is 12.1 Å². The van der Waals surface area contributed by atoms with Gasteiger partial charge in [-0.25, -0.2) is 9.18 Å². The third kappa shape index (κ3) is 4.85. The molecule has 0 radical (unpaired) electrons. The molecule has 1 fully saturated rings. The van der Waals surface area contributed by atoms with E-state index in [-0.39, 0.29) is 36.4 Å². The van der Waals surface area contributed by atoms with Crippen molar-refractivity contribution in [3.63, 3.8) is 0 Å². The highest BCUT2D eigenvalue weighted by molar-refractivity contribution is 7.99. The van der Waals surface area contributed by atoms with Gasteiger partial charge in [0.1, 0.15) is 5.82 Å². The SMILES string of the molecule is NC(=O)CN1CCC(NC(=O)NC2CCSc3ccc(F)cc32)CC1. The third-order valence-corrected chi connectivity index (χ3v) is 5.74. The van der Waals surface area contributed by atoms with E-state index in [1.54, 1.807) is 17.8 Å². The second-order valence-corrected chi connectivity index (χ2v) is 7.64. The third-order valence-electron chi connectivity index (χ3n) is 4.62. The topological polar surface area (TPSA) is 87.5 Å². The van der Waals surface area contributed by atoms with E-state index in [0.717, 1.165) is 48.6 Å². The smallest absolute Gasteiger partial charge is 0.315 e. The summed E-state index contributed by atoms with van der Waals surface area (Å²) in [7, 11) is 0. The fourth-order valence-corrected chi connectivity index (χ4v) is 4.46. The lowest BCUT2D eigenvalue weighted by Crippen LogP contribution is -2.49. The van der Waals surface area contributed by atoms with Crippen molar-refractivity contribution >= 4 is 23.7 Å². The number of nitrogens with zero attached hydrogens (tertiary/aromatic N) is 1. The van der Waals surface area contributed by atoms with Gasteiger partial charge in [0, 0.05) is 29.8 Å². The quantitative estimate of drug-likeness (QED) is 0.756. The number of amides is 3. The standard InChI is InChI=1S/C17H23FN4O2S/c18-11-1-2-15-13(9-11)14(5-8-25-15)21-17(24)20-12-3-6-22(7-4-12)10-16(19)23/h1-2,9,12,14H,3-8,10H2,(H2,19,23)(H2,20,21,24). The van der Waals surface area contributed by atoms with Crippen LogP contribution in [0.2, 0.25) is 0 Å². The van der Waals surface area contributed by atoms with Gasteiger partial charge in [-0.3, -0.25) is 9.69 Å². The molecule has 2 aliphatic heterocycles. The van der Waals surface area contributed by atoms with Crippen LogP contribution in [0.1, 0.15) is 30.9 Å². The zero-order valence-electron chi connectivity index (χ0n) is 14.0. The maximum Gasteiger partial charge on any atom is 0.315 e. The molecule has 1 saturated heterocycles. The van der Waals surface area contributed by atoms with E-state index in [1.807, 2.05) is 4.90 Å². The van der Waals surface area contributed by atoms with Crippen LogP contribution in [-0.2, 0) is 4.79 Å². The summed E-state index contributed by atoms with van der Waals surface area (Å²) in [6.07, 6.45) is 2.35. The first kappa shape index (κ1) is 18.0. The van der Waals surface area contributed by atoms with Crippen molar-refractivity contribution in [2.75, 3.05) is 25.4 Å². The maximum atomic E-state index is 13.5. The van der Waals surface area contributed by atoms with Crippen LogP contribution < -0.4 is 16.4 Å². The second kappa shape index (κ2) is 8.05. The fourth-order valence-electron chi connectivity index (χ4n) is 3.36. The summed E-state index contributed by atoms with van der Waals surface area (Å²) >= 11 is 1.69. The summed E-state index contributed by atoms with van der Waals surface area (Å²) in [5.41, 5.74) is 6.05. The van der Waals surface area contributed by atoms with Crippen molar-refractivity contribution in [1.82, 2.24) is 15.5 Å². The van der Waals surface area contributed by atoms with Crippen LogP contribution in [0.15, 0.2) is 23.1 Å². The van der Waals surface area contributed by atoms with Gasteiger partial charge >= 0.3 is 6.03 Å². The monoisotopic (exact) mass is 366 g/mol. The van der Waals surface area contributed by atoms with Gasteiger partial charge in [0.2, 0.25) is 5.91 Å². The minimum atomic E-state index is -0.329. The molecule has 0 saturated carbocycles. The normalized spacial score (nSPS) is 21.4. The van der Waals surface area contributed by atoms with Crippen molar-refractivity contribution in [3.05, 3.63) is 29.6 Å². The number of halogens is 1. The van der Waals surface area contributed by atoms with E-state index in [4.69, 9.17) is 5.73 Å². The van der Waals surface area contributed by atoms with Gasteiger partial charge in [-0.1, -0.05) is 0 Å². The molecule has 1 aromatic rings. The first-order chi connectivity index (χ1) is 12.0. The van der Waals surface area contributed by atoms with E-state index in [2.05, 4.69) is 10.6 Å². The molecule has 3 amide bonds. The van der Waals surface area contributed by atoms with Crippen molar-refractivity contribution in [2.24, 2.45) is 5.73 Å². The number of fused-ring (bicyclic) bond motifs is 1. The maximum absolute atomic E-state index is 13.5. The van der Waals surface area contributed by atoms with E-state index >= 15 is 0 Å². The van der Waals surface area contributed by atoms with Crippen LogP contribution in [0.25, 0.3) is 0 Å². The first-order valence-electron chi connectivity index (χ1n) is 8.51. The fraction of sp³-hybridized carbons (Fsp3) is 0.529. The molecule has 25 heavy (non-hydrogen) atoms. The van der Waals surface area contributed by atoms with Crippen molar-refractivity contribution in [2.45, 2.75) is 36.2 Å². The number of carbonyl (C=O) groups excluding carboxylic acids is 2. The summed E-state index contributed by atoms with van der Waals surface area (Å²) < 4.78 is 13.5. The molecule has 6 nitrogen and oxygen atoms in total. The molecular weight excluding hydrogens is 343 g/mol. The summed E-state index contributed by atoms with van der Waals surface area (Å²) in [5, 5.41) is 5.97. The molecule has 0 aromatic heterocycles. The lowest BCUT2D eigenvalue weighted by Gasteiger charge is -2.32. The van der Waals surface area contributed by atoms with Gasteiger partial charge in [-0.2, -0.15) is 0 Å². The summed E-state index contributed by atoms with van der Waals surface area (Å²) in [4.78, 5) is 26.3. The van der Waals surface area contributed by atoms with Crippen molar-refractivity contribution < 1.29 is 14.0 Å². The Morgan fingerprint density at radius 2 is 2.00 bits per heavy atom. The number of hydrogen-bond donors (Lipinski definition) is 3. The lowest BCUT2D eigenvalue weighted by atomic mass is 10.0. The van der Waals surface area contributed by atoms with Gasteiger partial charge in [0.25, 0.3) is 0 Å². The average molecular weight is 366 g/mol. The summed E-state index contributed by atoms with van der Waals surface area (Å²) in [5.74, 6) is 0.287. The Hall–Kier alpha value is -1.80. The Kier molecular flexibility index (Phi) is 5.80. The lowest BCUT2D eigenvalue weighted by molar-refractivity contribution is -0.119. The number of piperidine rings is 1. The number of likely N-dealkylation sites (tertiary alicyclic amines) is 1.